The van der Waals surface area contributed by atoms with Crippen LogP contribution >= 0.6 is 0 Å². The van der Waals surface area contributed by atoms with E-state index in [1.807, 2.05) is 11.9 Å². The Hall–Kier alpha value is -1.39. The van der Waals surface area contributed by atoms with E-state index in [0.717, 1.165) is 32.1 Å². The predicted octanol–water partition coefficient (Wildman–Crippen LogP) is 1.51. The number of aryl methyl sites for hydroxylation is 1. The van der Waals surface area contributed by atoms with Crippen LogP contribution in [-0.2, 0) is 22.4 Å². The van der Waals surface area contributed by atoms with Crippen molar-refractivity contribution >= 4 is 5.91 Å². The van der Waals surface area contributed by atoms with Crippen molar-refractivity contribution in [1.82, 2.24) is 4.90 Å². The van der Waals surface area contributed by atoms with Crippen LogP contribution < -0.4 is 5.73 Å². The zero-order valence-electron chi connectivity index (χ0n) is 12.6. The van der Waals surface area contributed by atoms with Crippen molar-refractivity contribution in [2.45, 2.75) is 50.4 Å². The highest BCUT2D eigenvalue weighted by Crippen LogP contribution is 2.26. The fourth-order valence-electron chi connectivity index (χ4n) is 3.48. The molecule has 3 rings (SSSR count). The summed E-state index contributed by atoms with van der Waals surface area (Å²) in [5, 5.41) is 0. The lowest BCUT2D eigenvalue weighted by atomic mass is 9.87. The average molecular weight is 288 g/mol. The lowest BCUT2D eigenvalue weighted by molar-refractivity contribution is -0.143. The molecule has 1 amide bonds. The summed E-state index contributed by atoms with van der Waals surface area (Å²) in [6, 6.07) is 8.82. The molecule has 1 aromatic carbocycles. The molecule has 21 heavy (non-hydrogen) atoms. The second-order valence-electron chi connectivity index (χ2n) is 6.17. The van der Waals surface area contributed by atoms with Gasteiger partial charge in [-0.2, -0.15) is 0 Å². The molecule has 114 valence electrons. The molecule has 4 nitrogen and oxygen atoms in total. The van der Waals surface area contributed by atoms with E-state index in [9.17, 15) is 4.79 Å². The summed E-state index contributed by atoms with van der Waals surface area (Å²) in [4.78, 5) is 14.5. The van der Waals surface area contributed by atoms with E-state index < -0.39 is 0 Å². The molecule has 0 aromatic heterocycles. The summed E-state index contributed by atoms with van der Waals surface area (Å²) in [5.74, 6) is 0.121. The largest absolute Gasteiger partial charge is 0.364 e. The topological polar surface area (TPSA) is 55.6 Å². The number of nitrogens with two attached hydrogens (primary N) is 1. The molecular weight excluding hydrogens is 264 g/mol. The second-order valence-corrected chi connectivity index (χ2v) is 6.17. The number of rotatable bonds is 3. The van der Waals surface area contributed by atoms with Crippen LogP contribution in [0, 0.1) is 0 Å². The van der Waals surface area contributed by atoms with E-state index in [0.29, 0.717) is 6.54 Å². The Kier molecular flexibility index (Phi) is 4.27. The number of carbonyl (C=O) groups is 1. The molecule has 1 aliphatic heterocycles. The zero-order valence-corrected chi connectivity index (χ0v) is 12.6. The van der Waals surface area contributed by atoms with Gasteiger partial charge in [0, 0.05) is 19.6 Å². The predicted molar refractivity (Wildman–Crippen MR) is 82.0 cm³/mol. The van der Waals surface area contributed by atoms with Crippen molar-refractivity contribution in [2.75, 3.05) is 13.6 Å². The first-order valence-electron chi connectivity index (χ1n) is 7.88. The van der Waals surface area contributed by atoms with Gasteiger partial charge < -0.3 is 15.4 Å². The van der Waals surface area contributed by atoms with Gasteiger partial charge in [0.15, 0.2) is 0 Å². The van der Waals surface area contributed by atoms with Crippen LogP contribution in [0.5, 0.6) is 0 Å². The Morgan fingerprint density at radius 3 is 2.76 bits per heavy atom. The molecule has 1 saturated heterocycles. The van der Waals surface area contributed by atoms with Crippen LogP contribution in [0.3, 0.4) is 0 Å². The van der Waals surface area contributed by atoms with E-state index in [4.69, 9.17) is 10.5 Å². The zero-order chi connectivity index (χ0) is 14.8. The third-order valence-electron chi connectivity index (χ3n) is 4.86. The van der Waals surface area contributed by atoms with Crippen LogP contribution in [0.2, 0.25) is 0 Å². The highest BCUT2D eigenvalue weighted by Gasteiger charge is 2.34. The first-order valence-corrected chi connectivity index (χ1v) is 7.88. The summed E-state index contributed by atoms with van der Waals surface area (Å²) >= 11 is 0. The Balaban J connectivity index is 1.64. The molecule has 0 spiro atoms. The molecule has 2 aliphatic rings. The Bertz CT molecular complexity index is 517. The van der Waals surface area contributed by atoms with Crippen molar-refractivity contribution in [1.29, 1.82) is 0 Å². The van der Waals surface area contributed by atoms with Gasteiger partial charge in [-0.3, -0.25) is 4.79 Å². The summed E-state index contributed by atoms with van der Waals surface area (Å²) in [6.45, 7) is 0.504. The van der Waals surface area contributed by atoms with E-state index in [1.54, 1.807) is 0 Å². The second kappa shape index (κ2) is 6.16. The molecule has 1 aromatic rings. The highest BCUT2D eigenvalue weighted by molar-refractivity contribution is 5.81. The number of hydrogen-bond donors (Lipinski definition) is 1. The normalized spacial score (nSPS) is 28.2. The smallest absolute Gasteiger partial charge is 0.251 e. The number of likely N-dealkylation sites (N-methyl/N-ethyl adjacent to an activating group) is 1. The van der Waals surface area contributed by atoms with Gasteiger partial charge in [0.05, 0.1) is 6.10 Å². The Labute approximate surface area is 126 Å². The van der Waals surface area contributed by atoms with Crippen LogP contribution in [0.25, 0.3) is 0 Å². The minimum Gasteiger partial charge on any atom is -0.364 e. The molecule has 3 atom stereocenters. The molecule has 0 bridgehead atoms. The van der Waals surface area contributed by atoms with Crippen LogP contribution in [0.4, 0.5) is 0 Å². The van der Waals surface area contributed by atoms with E-state index in [2.05, 4.69) is 24.3 Å². The maximum Gasteiger partial charge on any atom is 0.251 e. The van der Waals surface area contributed by atoms with Crippen LogP contribution in [-0.4, -0.2) is 42.6 Å². The number of hydrogen-bond acceptors (Lipinski definition) is 3. The lowest BCUT2D eigenvalue weighted by Gasteiger charge is -2.33. The van der Waals surface area contributed by atoms with Gasteiger partial charge in [-0.05, 0) is 43.2 Å². The highest BCUT2D eigenvalue weighted by atomic mass is 16.5. The molecule has 1 aliphatic carbocycles. The van der Waals surface area contributed by atoms with Crippen LogP contribution in [0.1, 0.15) is 30.4 Å². The third-order valence-corrected chi connectivity index (χ3v) is 4.86. The summed E-state index contributed by atoms with van der Waals surface area (Å²) in [7, 11) is 1.92. The van der Waals surface area contributed by atoms with E-state index >= 15 is 0 Å². The molecule has 1 unspecified atom stereocenters. The van der Waals surface area contributed by atoms with Gasteiger partial charge in [-0.1, -0.05) is 24.3 Å². The van der Waals surface area contributed by atoms with Gasteiger partial charge in [-0.25, -0.2) is 0 Å². The summed E-state index contributed by atoms with van der Waals surface area (Å²) in [5.41, 5.74) is 8.42. The Morgan fingerprint density at radius 2 is 2.05 bits per heavy atom. The van der Waals surface area contributed by atoms with Gasteiger partial charge in [-0.15, -0.1) is 0 Å². The van der Waals surface area contributed by atoms with Gasteiger partial charge in [0.1, 0.15) is 6.10 Å². The SMILES string of the molecule is CN(C(=O)[C@@H]1CC[C@H](CN)O1)C1CCc2ccccc2C1. The molecule has 0 saturated carbocycles. The minimum absolute atomic E-state index is 0.0550. The molecule has 1 fully saturated rings. The average Bonchev–Trinajstić information content (AvgIpc) is 3.02. The van der Waals surface area contributed by atoms with Crippen LogP contribution in [0.15, 0.2) is 24.3 Å². The van der Waals surface area contributed by atoms with E-state index in [1.165, 1.54) is 11.1 Å². The quantitative estimate of drug-likeness (QED) is 0.917. The summed E-state index contributed by atoms with van der Waals surface area (Å²) in [6.07, 6.45) is 4.50. The monoisotopic (exact) mass is 288 g/mol. The first kappa shape index (κ1) is 14.5. The molecule has 0 radical (unpaired) electrons. The van der Waals surface area contributed by atoms with Gasteiger partial charge >= 0.3 is 0 Å². The first-order chi connectivity index (χ1) is 10.2. The molecule has 4 heteroatoms. The van der Waals surface area contributed by atoms with Crippen molar-refractivity contribution in [3.8, 4) is 0 Å². The minimum atomic E-state index is -0.291. The fourth-order valence-corrected chi connectivity index (χ4v) is 3.48. The van der Waals surface area contributed by atoms with Crippen molar-refractivity contribution in [3.63, 3.8) is 0 Å². The number of carbonyl (C=O) groups excluding carboxylic acids is 1. The maximum absolute atomic E-state index is 12.6. The number of benzene rings is 1. The molecular formula is C17H24N2O2. The number of fused-ring (bicyclic) bond motifs is 1. The molecule has 2 N–H and O–H groups in total. The van der Waals surface area contributed by atoms with Gasteiger partial charge in [0.25, 0.3) is 5.91 Å². The van der Waals surface area contributed by atoms with Crippen molar-refractivity contribution < 1.29 is 9.53 Å². The number of nitrogens with zero attached hydrogens (tertiary/aromatic N) is 1. The standard InChI is InChI=1S/C17H24N2O2/c1-19(17(20)16-9-8-15(11-18)21-16)14-7-6-12-4-2-3-5-13(12)10-14/h2-5,14-16H,6-11,18H2,1H3/t14?,15-,16+/m1/s1. The maximum atomic E-state index is 12.6. The lowest BCUT2D eigenvalue weighted by Crippen LogP contribution is -2.45. The fraction of sp³-hybridized carbons (Fsp3) is 0.588. The van der Waals surface area contributed by atoms with Crippen molar-refractivity contribution in [3.05, 3.63) is 35.4 Å². The van der Waals surface area contributed by atoms with Gasteiger partial charge in [0.2, 0.25) is 0 Å². The number of ether oxygens (including phenoxy) is 1. The van der Waals surface area contributed by atoms with E-state index in [-0.39, 0.29) is 24.2 Å². The molecule has 1 heterocycles. The number of amides is 1. The summed E-state index contributed by atoms with van der Waals surface area (Å²) < 4.78 is 5.74. The Morgan fingerprint density at radius 1 is 1.29 bits per heavy atom. The van der Waals surface area contributed by atoms with Crippen molar-refractivity contribution in [2.24, 2.45) is 5.73 Å². The third kappa shape index (κ3) is 2.97.